The molecule has 2 rings (SSSR count). The second-order valence-electron chi connectivity index (χ2n) is 4.69. The third kappa shape index (κ3) is 4.87. The molecular formula is C14H22N4O3. The summed E-state index contributed by atoms with van der Waals surface area (Å²) in [5, 5.41) is 2.74. The highest BCUT2D eigenvalue weighted by molar-refractivity contribution is 5.74. The number of carbonyl (C=O) groups excluding carboxylic acids is 1. The van der Waals surface area contributed by atoms with Gasteiger partial charge in [-0.25, -0.2) is 9.78 Å². The first-order chi connectivity index (χ1) is 10.3. The molecule has 0 saturated carbocycles. The summed E-state index contributed by atoms with van der Waals surface area (Å²) in [5.74, 6) is 0.959. The molecule has 0 spiro atoms. The maximum absolute atomic E-state index is 11.9. The number of amides is 2. The lowest BCUT2D eigenvalue weighted by molar-refractivity contribution is 0.0615. The van der Waals surface area contributed by atoms with E-state index in [0.29, 0.717) is 26.3 Å². The van der Waals surface area contributed by atoms with Gasteiger partial charge in [0.1, 0.15) is 12.5 Å². The molecular weight excluding hydrogens is 272 g/mol. The van der Waals surface area contributed by atoms with E-state index in [4.69, 9.17) is 9.47 Å². The Kier molecular flexibility index (Phi) is 6.23. The van der Waals surface area contributed by atoms with Crippen molar-refractivity contribution in [2.75, 3.05) is 58.1 Å². The number of nitrogens with zero attached hydrogens (tertiary/aromatic N) is 3. The molecule has 1 saturated heterocycles. The summed E-state index contributed by atoms with van der Waals surface area (Å²) in [5.41, 5.74) is 0. The molecule has 1 aromatic heterocycles. The van der Waals surface area contributed by atoms with Crippen molar-refractivity contribution in [3.8, 4) is 0 Å². The Morgan fingerprint density at radius 2 is 2.10 bits per heavy atom. The van der Waals surface area contributed by atoms with Gasteiger partial charge in [-0.2, -0.15) is 0 Å². The summed E-state index contributed by atoms with van der Waals surface area (Å²) in [6.07, 6.45) is 1.78. The third-order valence-corrected chi connectivity index (χ3v) is 3.30. The Balaban J connectivity index is 1.67. The maximum atomic E-state index is 11.9. The first kappa shape index (κ1) is 15.5. The van der Waals surface area contributed by atoms with E-state index in [0.717, 1.165) is 18.9 Å². The summed E-state index contributed by atoms with van der Waals surface area (Å²) >= 11 is 0. The molecule has 1 fully saturated rings. The monoisotopic (exact) mass is 294 g/mol. The van der Waals surface area contributed by atoms with Crippen molar-refractivity contribution in [3.05, 3.63) is 24.4 Å². The number of carbonyl (C=O) groups is 1. The van der Waals surface area contributed by atoms with Crippen LogP contribution in [-0.4, -0.2) is 69.1 Å². The van der Waals surface area contributed by atoms with Crippen molar-refractivity contribution in [3.63, 3.8) is 0 Å². The molecule has 7 heteroatoms. The van der Waals surface area contributed by atoms with Crippen LogP contribution in [0.3, 0.4) is 0 Å². The van der Waals surface area contributed by atoms with Crippen LogP contribution in [-0.2, 0) is 9.47 Å². The Morgan fingerprint density at radius 1 is 1.29 bits per heavy atom. The summed E-state index contributed by atoms with van der Waals surface area (Å²) in [7, 11) is 1.61. The fourth-order valence-electron chi connectivity index (χ4n) is 2.12. The molecule has 0 atom stereocenters. The highest BCUT2D eigenvalue weighted by atomic mass is 16.5. The molecule has 1 aliphatic heterocycles. The van der Waals surface area contributed by atoms with Gasteiger partial charge in [-0.3, -0.25) is 0 Å². The average molecular weight is 294 g/mol. The normalized spacial score (nSPS) is 15.1. The minimum absolute atomic E-state index is 0.0897. The predicted octanol–water partition coefficient (Wildman–Crippen LogP) is 0.534. The molecule has 0 unspecified atom stereocenters. The van der Waals surface area contributed by atoms with Gasteiger partial charge < -0.3 is 24.6 Å². The quantitative estimate of drug-likeness (QED) is 0.612. The topological polar surface area (TPSA) is 66.9 Å². The Hall–Kier alpha value is -1.86. The first-order valence-corrected chi connectivity index (χ1v) is 7.06. The summed E-state index contributed by atoms with van der Waals surface area (Å²) < 4.78 is 10.1. The SMILES string of the molecule is COCCOCNC(=O)N1CCN(c2ccccn2)CC1. The zero-order valence-corrected chi connectivity index (χ0v) is 12.3. The first-order valence-electron chi connectivity index (χ1n) is 7.06. The van der Waals surface area contributed by atoms with Gasteiger partial charge in [0.25, 0.3) is 0 Å². The molecule has 0 radical (unpaired) electrons. The fourth-order valence-corrected chi connectivity index (χ4v) is 2.12. The minimum Gasteiger partial charge on any atom is -0.382 e. The van der Waals surface area contributed by atoms with E-state index in [1.54, 1.807) is 18.2 Å². The van der Waals surface area contributed by atoms with Crippen LogP contribution in [0.4, 0.5) is 10.6 Å². The molecule has 1 aromatic rings. The smallest absolute Gasteiger partial charge is 0.319 e. The number of aromatic nitrogens is 1. The molecule has 0 aromatic carbocycles. The number of hydrogen-bond donors (Lipinski definition) is 1. The Bertz CT molecular complexity index is 421. The molecule has 21 heavy (non-hydrogen) atoms. The molecule has 0 aliphatic carbocycles. The number of anilines is 1. The fraction of sp³-hybridized carbons (Fsp3) is 0.571. The minimum atomic E-state index is -0.0897. The summed E-state index contributed by atoms with van der Waals surface area (Å²) in [4.78, 5) is 20.2. The number of nitrogens with one attached hydrogen (secondary N) is 1. The zero-order valence-electron chi connectivity index (χ0n) is 12.3. The van der Waals surface area contributed by atoms with Crippen molar-refractivity contribution in [1.29, 1.82) is 0 Å². The average Bonchev–Trinajstić information content (AvgIpc) is 2.55. The van der Waals surface area contributed by atoms with Crippen LogP contribution in [0, 0.1) is 0 Å². The number of piperazine rings is 1. The number of methoxy groups -OCH3 is 1. The standard InChI is InChI=1S/C14H22N4O3/c1-20-10-11-21-12-16-14(19)18-8-6-17(7-9-18)13-4-2-3-5-15-13/h2-5H,6-12H2,1H3,(H,16,19). The second kappa shape index (κ2) is 8.43. The van der Waals surface area contributed by atoms with E-state index in [9.17, 15) is 4.79 Å². The molecule has 1 aliphatic rings. The van der Waals surface area contributed by atoms with Gasteiger partial charge in [0.15, 0.2) is 0 Å². The van der Waals surface area contributed by atoms with E-state index in [1.165, 1.54) is 0 Å². The molecule has 116 valence electrons. The molecule has 2 amide bonds. The third-order valence-electron chi connectivity index (χ3n) is 3.30. The Labute approximate surface area is 124 Å². The molecule has 1 N–H and O–H groups in total. The van der Waals surface area contributed by atoms with Gasteiger partial charge in [-0.05, 0) is 12.1 Å². The van der Waals surface area contributed by atoms with Gasteiger partial charge >= 0.3 is 6.03 Å². The number of hydrogen-bond acceptors (Lipinski definition) is 5. The number of ether oxygens (including phenoxy) is 2. The lowest BCUT2D eigenvalue weighted by Gasteiger charge is -2.35. The van der Waals surface area contributed by atoms with Gasteiger partial charge in [0.2, 0.25) is 0 Å². The van der Waals surface area contributed by atoms with Gasteiger partial charge in [0.05, 0.1) is 13.2 Å². The zero-order chi connectivity index (χ0) is 14.9. The van der Waals surface area contributed by atoms with Crippen molar-refractivity contribution in [2.45, 2.75) is 0 Å². The molecule has 0 bridgehead atoms. The van der Waals surface area contributed by atoms with E-state index < -0.39 is 0 Å². The number of pyridine rings is 1. The Morgan fingerprint density at radius 3 is 2.76 bits per heavy atom. The van der Waals surface area contributed by atoms with Crippen molar-refractivity contribution in [1.82, 2.24) is 15.2 Å². The van der Waals surface area contributed by atoms with E-state index in [-0.39, 0.29) is 12.8 Å². The molecule has 2 heterocycles. The van der Waals surface area contributed by atoms with Gasteiger partial charge in [-0.1, -0.05) is 6.07 Å². The number of urea groups is 1. The number of rotatable bonds is 6. The van der Waals surface area contributed by atoms with E-state index in [2.05, 4.69) is 15.2 Å². The van der Waals surface area contributed by atoms with Gasteiger partial charge in [-0.15, -0.1) is 0 Å². The lowest BCUT2D eigenvalue weighted by Crippen LogP contribution is -2.52. The van der Waals surface area contributed by atoms with Crippen LogP contribution in [0.1, 0.15) is 0 Å². The highest BCUT2D eigenvalue weighted by Crippen LogP contribution is 2.12. The highest BCUT2D eigenvalue weighted by Gasteiger charge is 2.21. The van der Waals surface area contributed by atoms with Crippen molar-refractivity contribution in [2.24, 2.45) is 0 Å². The van der Waals surface area contributed by atoms with Crippen LogP contribution in [0.2, 0.25) is 0 Å². The van der Waals surface area contributed by atoms with Gasteiger partial charge in [0, 0.05) is 39.5 Å². The van der Waals surface area contributed by atoms with Crippen LogP contribution in [0.5, 0.6) is 0 Å². The van der Waals surface area contributed by atoms with Crippen LogP contribution in [0.15, 0.2) is 24.4 Å². The lowest BCUT2D eigenvalue weighted by atomic mass is 10.3. The van der Waals surface area contributed by atoms with E-state index >= 15 is 0 Å². The van der Waals surface area contributed by atoms with Crippen LogP contribution in [0.25, 0.3) is 0 Å². The maximum Gasteiger partial charge on any atom is 0.319 e. The predicted molar refractivity (Wildman–Crippen MR) is 79.2 cm³/mol. The largest absolute Gasteiger partial charge is 0.382 e. The van der Waals surface area contributed by atoms with Crippen LogP contribution < -0.4 is 10.2 Å². The summed E-state index contributed by atoms with van der Waals surface area (Å²) in [6, 6.07) is 5.77. The second-order valence-corrected chi connectivity index (χ2v) is 4.69. The van der Waals surface area contributed by atoms with Crippen molar-refractivity contribution < 1.29 is 14.3 Å². The molecule has 7 nitrogen and oxygen atoms in total. The van der Waals surface area contributed by atoms with E-state index in [1.807, 2.05) is 18.2 Å². The van der Waals surface area contributed by atoms with Crippen LogP contribution >= 0.6 is 0 Å². The van der Waals surface area contributed by atoms with Crippen molar-refractivity contribution >= 4 is 11.8 Å². The summed E-state index contributed by atoms with van der Waals surface area (Å²) in [6.45, 7) is 4.15.